The fourth-order valence-corrected chi connectivity index (χ4v) is 3.48. The molecular weight excluding hydrogens is 306 g/mol. The van der Waals surface area contributed by atoms with Crippen molar-refractivity contribution in [2.75, 3.05) is 26.2 Å². The number of piperidine rings is 1. The molecule has 1 spiro atoms. The van der Waals surface area contributed by atoms with Crippen LogP contribution < -0.4 is 5.32 Å². The SMILES string of the molecule is O=C(c1cncc(Br)c1)N1CCC2(CCNC2)CC1. The molecule has 2 aliphatic heterocycles. The van der Waals surface area contributed by atoms with Gasteiger partial charge in [-0.05, 0) is 53.2 Å². The first-order valence-corrected chi connectivity index (χ1v) is 7.58. The Morgan fingerprint density at radius 1 is 1.32 bits per heavy atom. The minimum absolute atomic E-state index is 0.106. The standard InChI is InChI=1S/C14H18BrN3O/c15-12-7-11(8-17-9-12)13(19)18-5-2-14(3-6-18)1-4-16-10-14/h7-9,16H,1-6,10H2. The number of carbonyl (C=O) groups is 1. The molecular formula is C14H18BrN3O. The van der Waals surface area contributed by atoms with Gasteiger partial charge in [-0.25, -0.2) is 0 Å². The van der Waals surface area contributed by atoms with Crippen LogP contribution in [0.4, 0.5) is 0 Å². The molecule has 4 nitrogen and oxygen atoms in total. The molecule has 0 saturated carbocycles. The number of amides is 1. The highest BCUT2D eigenvalue weighted by atomic mass is 79.9. The maximum atomic E-state index is 12.4. The van der Waals surface area contributed by atoms with Gasteiger partial charge in [0, 0.05) is 36.5 Å². The maximum absolute atomic E-state index is 12.4. The van der Waals surface area contributed by atoms with Crippen molar-refractivity contribution < 1.29 is 4.79 Å². The quantitative estimate of drug-likeness (QED) is 0.860. The molecule has 1 N–H and O–H groups in total. The molecule has 1 amide bonds. The Morgan fingerprint density at radius 3 is 2.74 bits per heavy atom. The highest BCUT2D eigenvalue weighted by Gasteiger charge is 2.38. The Balaban J connectivity index is 1.66. The second-order valence-corrected chi connectivity index (χ2v) is 6.53. The van der Waals surface area contributed by atoms with Gasteiger partial charge in [-0.1, -0.05) is 0 Å². The molecule has 19 heavy (non-hydrogen) atoms. The van der Waals surface area contributed by atoms with Crippen LogP contribution in [0, 0.1) is 5.41 Å². The molecule has 3 rings (SSSR count). The molecule has 0 unspecified atom stereocenters. The van der Waals surface area contributed by atoms with Crippen LogP contribution in [0.3, 0.4) is 0 Å². The van der Waals surface area contributed by atoms with Crippen LogP contribution in [0.25, 0.3) is 0 Å². The summed E-state index contributed by atoms with van der Waals surface area (Å²) in [6.07, 6.45) is 6.84. The zero-order chi connectivity index (χ0) is 13.3. The third-order valence-corrected chi connectivity index (χ3v) is 4.83. The summed E-state index contributed by atoms with van der Waals surface area (Å²) in [5, 5.41) is 3.45. The molecule has 102 valence electrons. The van der Waals surface area contributed by atoms with Crippen molar-refractivity contribution in [3.63, 3.8) is 0 Å². The number of hydrogen-bond acceptors (Lipinski definition) is 3. The average Bonchev–Trinajstić information content (AvgIpc) is 2.87. The molecule has 0 bridgehead atoms. The van der Waals surface area contributed by atoms with Gasteiger partial charge in [0.25, 0.3) is 5.91 Å². The van der Waals surface area contributed by atoms with Crippen molar-refractivity contribution in [3.8, 4) is 0 Å². The van der Waals surface area contributed by atoms with Gasteiger partial charge in [0.1, 0.15) is 0 Å². The van der Waals surface area contributed by atoms with Crippen LogP contribution in [0.1, 0.15) is 29.6 Å². The van der Waals surface area contributed by atoms with Gasteiger partial charge in [-0.15, -0.1) is 0 Å². The summed E-state index contributed by atoms with van der Waals surface area (Å²) in [4.78, 5) is 18.4. The number of carbonyl (C=O) groups excluding carboxylic acids is 1. The number of pyridine rings is 1. The number of aromatic nitrogens is 1. The second-order valence-electron chi connectivity index (χ2n) is 5.61. The number of halogens is 1. The Labute approximate surface area is 121 Å². The highest BCUT2D eigenvalue weighted by Crippen LogP contribution is 2.37. The second kappa shape index (κ2) is 5.21. The van der Waals surface area contributed by atoms with E-state index < -0.39 is 0 Å². The van der Waals surface area contributed by atoms with Crippen molar-refractivity contribution in [3.05, 3.63) is 28.5 Å². The van der Waals surface area contributed by atoms with E-state index in [1.807, 2.05) is 11.0 Å². The first-order chi connectivity index (χ1) is 9.19. The topological polar surface area (TPSA) is 45.2 Å². The Kier molecular flexibility index (Phi) is 3.58. The lowest BCUT2D eigenvalue weighted by molar-refractivity contribution is 0.0607. The fraction of sp³-hybridized carbons (Fsp3) is 0.571. The predicted molar refractivity (Wildman–Crippen MR) is 77.0 cm³/mol. The summed E-state index contributed by atoms with van der Waals surface area (Å²) in [5.41, 5.74) is 1.13. The van der Waals surface area contributed by atoms with Gasteiger partial charge in [0.05, 0.1) is 5.56 Å². The fourth-order valence-electron chi connectivity index (χ4n) is 3.12. The minimum atomic E-state index is 0.106. The maximum Gasteiger partial charge on any atom is 0.255 e. The van der Waals surface area contributed by atoms with E-state index >= 15 is 0 Å². The van der Waals surface area contributed by atoms with E-state index in [2.05, 4.69) is 26.2 Å². The number of rotatable bonds is 1. The molecule has 2 saturated heterocycles. The van der Waals surface area contributed by atoms with E-state index in [0.29, 0.717) is 11.0 Å². The van der Waals surface area contributed by atoms with Gasteiger partial charge < -0.3 is 10.2 Å². The lowest BCUT2D eigenvalue weighted by Crippen LogP contribution is -2.44. The van der Waals surface area contributed by atoms with Crippen LogP contribution in [0.15, 0.2) is 22.9 Å². The van der Waals surface area contributed by atoms with Crippen molar-refractivity contribution in [2.45, 2.75) is 19.3 Å². The summed E-state index contributed by atoms with van der Waals surface area (Å²) in [7, 11) is 0. The molecule has 0 aliphatic carbocycles. The largest absolute Gasteiger partial charge is 0.339 e. The van der Waals surface area contributed by atoms with Gasteiger partial charge in [0.15, 0.2) is 0 Å². The van der Waals surface area contributed by atoms with Gasteiger partial charge in [-0.2, -0.15) is 0 Å². The van der Waals surface area contributed by atoms with Crippen LogP contribution in [0.5, 0.6) is 0 Å². The molecule has 2 aliphatic rings. The first kappa shape index (κ1) is 13.1. The van der Waals surface area contributed by atoms with Gasteiger partial charge in [-0.3, -0.25) is 9.78 Å². The molecule has 1 aromatic heterocycles. The third kappa shape index (κ3) is 2.67. The monoisotopic (exact) mass is 323 g/mol. The molecule has 0 radical (unpaired) electrons. The Hall–Kier alpha value is -0.940. The highest BCUT2D eigenvalue weighted by molar-refractivity contribution is 9.10. The van der Waals surface area contributed by atoms with Crippen LogP contribution in [0.2, 0.25) is 0 Å². The van der Waals surface area contributed by atoms with Crippen molar-refractivity contribution in [1.82, 2.24) is 15.2 Å². The van der Waals surface area contributed by atoms with Gasteiger partial charge >= 0.3 is 0 Å². The lowest BCUT2D eigenvalue weighted by Gasteiger charge is -2.38. The number of nitrogens with one attached hydrogen (secondary N) is 1. The van der Waals surface area contributed by atoms with E-state index in [1.54, 1.807) is 12.4 Å². The first-order valence-electron chi connectivity index (χ1n) is 6.79. The van der Waals surface area contributed by atoms with E-state index in [4.69, 9.17) is 0 Å². The van der Waals surface area contributed by atoms with Crippen molar-refractivity contribution >= 4 is 21.8 Å². The van der Waals surface area contributed by atoms with Gasteiger partial charge in [0.2, 0.25) is 0 Å². The molecule has 0 atom stereocenters. The average molecular weight is 324 g/mol. The van der Waals surface area contributed by atoms with Crippen molar-refractivity contribution in [1.29, 1.82) is 0 Å². The number of hydrogen-bond donors (Lipinski definition) is 1. The molecule has 1 aromatic rings. The summed E-state index contributed by atoms with van der Waals surface area (Å²) in [6, 6.07) is 1.84. The summed E-state index contributed by atoms with van der Waals surface area (Å²) >= 11 is 3.36. The predicted octanol–water partition coefficient (Wildman–Crippen LogP) is 2.06. The molecule has 5 heteroatoms. The number of likely N-dealkylation sites (tertiary alicyclic amines) is 1. The summed E-state index contributed by atoms with van der Waals surface area (Å²) < 4.78 is 0.854. The van der Waals surface area contributed by atoms with Crippen LogP contribution in [-0.2, 0) is 0 Å². The Morgan fingerprint density at radius 2 is 2.11 bits per heavy atom. The minimum Gasteiger partial charge on any atom is -0.339 e. The van der Waals surface area contributed by atoms with E-state index in [-0.39, 0.29) is 5.91 Å². The van der Waals surface area contributed by atoms with Crippen LogP contribution in [-0.4, -0.2) is 42.0 Å². The smallest absolute Gasteiger partial charge is 0.255 e. The van der Waals surface area contributed by atoms with Crippen LogP contribution >= 0.6 is 15.9 Å². The summed E-state index contributed by atoms with van der Waals surface area (Å²) in [6.45, 7) is 3.98. The molecule has 2 fully saturated rings. The van der Waals surface area contributed by atoms with E-state index in [9.17, 15) is 4.79 Å². The zero-order valence-corrected chi connectivity index (χ0v) is 12.4. The van der Waals surface area contributed by atoms with Crippen molar-refractivity contribution in [2.24, 2.45) is 5.41 Å². The van der Waals surface area contributed by atoms with E-state index in [0.717, 1.165) is 43.5 Å². The van der Waals surface area contributed by atoms with E-state index in [1.165, 1.54) is 6.42 Å². The lowest BCUT2D eigenvalue weighted by atomic mass is 9.78. The zero-order valence-electron chi connectivity index (χ0n) is 10.9. The summed E-state index contributed by atoms with van der Waals surface area (Å²) in [5.74, 6) is 0.106. The number of nitrogens with zero attached hydrogens (tertiary/aromatic N) is 2. The molecule has 3 heterocycles. The Bertz CT molecular complexity index is 475. The normalized spacial score (nSPS) is 21.8. The molecule has 0 aromatic carbocycles. The third-order valence-electron chi connectivity index (χ3n) is 4.40.